The Bertz CT molecular complexity index is 598. The second-order valence-electron chi connectivity index (χ2n) is 3.37. The second-order valence-corrected chi connectivity index (χ2v) is 3.77. The molecule has 6 heteroatoms. The smallest absolute Gasteiger partial charge is 0.272 e. The van der Waals surface area contributed by atoms with Gasteiger partial charge in [0, 0.05) is 21.9 Å². The van der Waals surface area contributed by atoms with Crippen LogP contribution in [0.25, 0.3) is 10.8 Å². The number of aromatic amines is 1. The predicted octanol–water partition coefficient (Wildman–Crippen LogP) is 2.83. The van der Waals surface area contributed by atoms with Crippen molar-refractivity contribution in [1.29, 1.82) is 0 Å². The lowest BCUT2D eigenvalue weighted by atomic mass is 10.2. The molecule has 0 saturated carbocycles. The summed E-state index contributed by atoms with van der Waals surface area (Å²) in [6.07, 6.45) is -2.60. The predicted molar refractivity (Wildman–Crippen MR) is 61.1 cm³/mol. The number of hydrogen-bond acceptors (Lipinski definition) is 2. The topological polar surface area (TPSA) is 42.1 Å². The van der Waals surface area contributed by atoms with Crippen LogP contribution >= 0.6 is 11.6 Å². The van der Waals surface area contributed by atoms with Crippen LogP contribution in [-0.2, 0) is 0 Å². The van der Waals surface area contributed by atoms with Crippen LogP contribution in [0.2, 0.25) is 5.02 Å². The second kappa shape index (κ2) is 4.71. The maximum Gasteiger partial charge on any atom is 0.272 e. The number of fused-ring (bicyclic) bond motifs is 1. The molecule has 0 radical (unpaired) electrons. The van der Waals surface area contributed by atoms with Crippen molar-refractivity contribution in [3.05, 3.63) is 39.6 Å². The van der Waals surface area contributed by atoms with E-state index in [1.807, 2.05) is 0 Å². The summed E-state index contributed by atoms with van der Waals surface area (Å²) in [6, 6.07) is 6.28. The molecule has 0 bridgehead atoms. The third kappa shape index (κ3) is 2.55. The first-order chi connectivity index (χ1) is 8.08. The largest absolute Gasteiger partial charge is 0.473 e. The van der Waals surface area contributed by atoms with Crippen LogP contribution in [0.4, 0.5) is 8.78 Å². The first kappa shape index (κ1) is 11.9. The van der Waals surface area contributed by atoms with Gasteiger partial charge in [0.05, 0.1) is 0 Å². The minimum atomic E-state index is -2.60. The van der Waals surface area contributed by atoms with Crippen molar-refractivity contribution in [2.24, 2.45) is 0 Å². The number of ether oxygens (including phenoxy) is 1. The number of hydrogen-bond donors (Lipinski definition) is 1. The molecule has 1 aromatic carbocycles. The highest BCUT2D eigenvalue weighted by molar-refractivity contribution is 6.35. The summed E-state index contributed by atoms with van der Waals surface area (Å²) in [7, 11) is 0. The monoisotopic (exact) mass is 259 g/mol. The van der Waals surface area contributed by atoms with E-state index in [-0.39, 0.29) is 5.88 Å². The maximum atomic E-state index is 12.0. The van der Waals surface area contributed by atoms with E-state index >= 15 is 0 Å². The molecule has 0 aliphatic heterocycles. The SMILES string of the molecule is O=c1[nH]c(OCC(F)F)cc2c(Cl)cccc12. The zero-order chi connectivity index (χ0) is 12.4. The number of benzene rings is 1. The Morgan fingerprint density at radius 3 is 2.82 bits per heavy atom. The number of halogens is 3. The highest BCUT2D eigenvalue weighted by Gasteiger charge is 2.08. The van der Waals surface area contributed by atoms with Gasteiger partial charge in [0.2, 0.25) is 0 Å². The van der Waals surface area contributed by atoms with E-state index in [4.69, 9.17) is 16.3 Å². The van der Waals surface area contributed by atoms with Crippen LogP contribution in [0.3, 0.4) is 0 Å². The molecule has 0 atom stereocenters. The van der Waals surface area contributed by atoms with Crippen LogP contribution in [0.1, 0.15) is 0 Å². The standard InChI is InChI=1S/C11H8ClF2NO2/c12-8-3-1-2-6-7(8)4-10(15-11(6)16)17-5-9(13)14/h1-4,9H,5H2,(H,15,16). The number of nitrogens with one attached hydrogen (secondary N) is 1. The summed E-state index contributed by atoms with van der Waals surface area (Å²) < 4.78 is 28.7. The minimum absolute atomic E-state index is 0.0177. The van der Waals surface area contributed by atoms with Crippen molar-refractivity contribution < 1.29 is 13.5 Å². The molecule has 2 rings (SSSR count). The van der Waals surface area contributed by atoms with E-state index in [1.54, 1.807) is 18.2 Å². The van der Waals surface area contributed by atoms with Crippen molar-refractivity contribution in [2.75, 3.05) is 6.61 Å². The molecule has 3 nitrogen and oxygen atoms in total. The lowest BCUT2D eigenvalue weighted by molar-refractivity contribution is 0.0796. The van der Waals surface area contributed by atoms with E-state index < -0.39 is 18.6 Å². The third-order valence-electron chi connectivity index (χ3n) is 2.17. The zero-order valence-corrected chi connectivity index (χ0v) is 9.30. The first-order valence-corrected chi connectivity index (χ1v) is 5.18. The van der Waals surface area contributed by atoms with Crippen molar-refractivity contribution >= 4 is 22.4 Å². The number of H-pyrrole nitrogens is 1. The Morgan fingerprint density at radius 1 is 1.35 bits per heavy atom. The molecule has 1 N–H and O–H groups in total. The van der Waals surface area contributed by atoms with E-state index in [1.165, 1.54) is 6.07 Å². The van der Waals surface area contributed by atoms with Gasteiger partial charge in [-0.25, -0.2) is 8.78 Å². The lowest BCUT2D eigenvalue weighted by Gasteiger charge is -2.06. The molecule has 0 spiro atoms. The average molecular weight is 260 g/mol. The zero-order valence-electron chi connectivity index (χ0n) is 8.54. The normalized spacial score (nSPS) is 11.1. The third-order valence-corrected chi connectivity index (χ3v) is 2.50. The summed E-state index contributed by atoms with van der Waals surface area (Å²) in [5.74, 6) is -0.0177. The average Bonchev–Trinajstić information content (AvgIpc) is 2.28. The molecule has 90 valence electrons. The number of alkyl halides is 2. The summed E-state index contributed by atoms with van der Waals surface area (Å²) in [6.45, 7) is -0.772. The summed E-state index contributed by atoms with van der Waals surface area (Å²) >= 11 is 5.91. The maximum absolute atomic E-state index is 12.0. The van der Waals surface area contributed by atoms with Crippen LogP contribution in [0, 0.1) is 0 Å². The van der Waals surface area contributed by atoms with Gasteiger partial charge >= 0.3 is 0 Å². The Morgan fingerprint density at radius 2 is 2.12 bits per heavy atom. The fourth-order valence-electron chi connectivity index (χ4n) is 1.46. The Balaban J connectivity index is 2.47. The van der Waals surface area contributed by atoms with Gasteiger partial charge in [0.1, 0.15) is 0 Å². The fraction of sp³-hybridized carbons (Fsp3) is 0.182. The van der Waals surface area contributed by atoms with Gasteiger partial charge in [0.25, 0.3) is 12.0 Å². The van der Waals surface area contributed by atoms with Crippen LogP contribution in [0.15, 0.2) is 29.1 Å². The van der Waals surface area contributed by atoms with Crippen LogP contribution in [-0.4, -0.2) is 18.0 Å². The summed E-state index contributed by atoms with van der Waals surface area (Å²) in [5, 5.41) is 1.24. The molecule has 0 fully saturated rings. The molecule has 0 unspecified atom stereocenters. The number of pyridine rings is 1. The highest BCUT2D eigenvalue weighted by Crippen LogP contribution is 2.23. The number of rotatable bonds is 3. The minimum Gasteiger partial charge on any atom is -0.473 e. The highest BCUT2D eigenvalue weighted by atomic mass is 35.5. The quantitative estimate of drug-likeness (QED) is 0.921. The molecule has 1 aromatic heterocycles. The molecular formula is C11H8ClF2NO2. The molecule has 0 aliphatic carbocycles. The van der Waals surface area contributed by atoms with Gasteiger partial charge in [-0.15, -0.1) is 0 Å². The van der Waals surface area contributed by atoms with E-state index in [0.29, 0.717) is 15.8 Å². The fourth-order valence-corrected chi connectivity index (χ4v) is 1.69. The molecule has 2 aromatic rings. The van der Waals surface area contributed by atoms with Crippen molar-refractivity contribution in [1.82, 2.24) is 4.98 Å². The summed E-state index contributed by atoms with van der Waals surface area (Å²) in [5.41, 5.74) is -0.422. The first-order valence-electron chi connectivity index (χ1n) is 4.80. The van der Waals surface area contributed by atoms with E-state index in [9.17, 15) is 13.6 Å². The van der Waals surface area contributed by atoms with E-state index in [0.717, 1.165) is 0 Å². The van der Waals surface area contributed by atoms with Gasteiger partial charge in [-0.2, -0.15) is 0 Å². The van der Waals surface area contributed by atoms with Crippen LogP contribution < -0.4 is 10.3 Å². The van der Waals surface area contributed by atoms with Gasteiger partial charge in [-0.05, 0) is 12.1 Å². The van der Waals surface area contributed by atoms with Gasteiger partial charge in [-0.1, -0.05) is 17.7 Å². The van der Waals surface area contributed by atoms with E-state index in [2.05, 4.69) is 4.98 Å². The molecule has 0 aliphatic rings. The Kier molecular flexibility index (Phi) is 3.28. The van der Waals surface area contributed by atoms with Gasteiger partial charge in [-0.3, -0.25) is 9.78 Å². The molecular weight excluding hydrogens is 252 g/mol. The van der Waals surface area contributed by atoms with Gasteiger partial charge in [0.15, 0.2) is 12.5 Å². The Hall–Kier alpha value is -1.62. The molecule has 0 amide bonds. The van der Waals surface area contributed by atoms with Gasteiger partial charge < -0.3 is 4.74 Å². The molecule has 1 heterocycles. The van der Waals surface area contributed by atoms with Crippen molar-refractivity contribution in [3.8, 4) is 5.88 Å². The van der Waals surface area contributed by atoms with Crippen molar-refractivity contribution in [2.45, 2.75) is 6.43 Å². The van der Waals surface area contributed by atoms with Crippen molar-refractivity contribution in [3.63, 3.8) is 0 Å². The lowest BCUT2D eigenvalue weighted by Crippen LogP contribution is -2.12. The Labute approximate surface area is 100.0 Å². The summed E-state index contributed by atoms with van der Waals surface area (Å²) in [4.78, 5) is 14.0. The molecule has 17 heavy (non-hydrogen) atoms. The van der Waals surface area contributed by atoms with Crippen LogP contribution in [0.5, 0.6) is 5.88 Å². The molecule has 0 saturated heterocycles. The number of aromatic nitrogens is 1.